The first-order valence-electron chi connectivity index (χ1n) is 11.5. The lowest BCUT2D eigenvalue weighted by Gasteiger charge is -2.25. The molecular formula is C22H43N3O4S. The third-order valence-electron chi connectivity index (χ3n) is 5.54. The number of carbonyl (C=O) groups is 2. The van der Waals surface area contributed by atoms with Gasteiger partial charge in [0, 0.05) is 36.7 Å². The Balaban J connectivity index is 2.07. The molecule has 0 aromatic carbocycles. The summed E-state index contributed by atoms with van der Waals surface area (Å²) in [4.78, 5) is 24.2. The molecule has 0 radical (unpaired) electrons. The molecule has 0 saturated carbocycles. The van der Waals surface area contributed by atoms with Crippen LogP contribution in [0.4, 0.5) is 0 Å². The van der Waals surface area contributed by atoms with Gasteiger partial charge in [0.2, 0.25) is 11.8 Å². The van der Waals surface area contributed by atoms with Gasteiger partial charge in [-0.1, -0.05) is 27.2 Å². The summed E-state index contributed by atoms with van der Waals surface area (Å²) in [5.41, 5.74) is 0. The minimum absolute atomic E-state index is 0.0713. The predicted octanol–water partition coefficient (Wildman–Crippen LogP) is 2.20. The van der Waals surface area contributed by atoms with E-state index in [2.05, 4.69) is 22.9 Å². The van der Waals surface area contributed by atoms with Crippen molar-refractivity contribution in [3.8, 4) is 0 Å². The molecule has 2 amide bonds. The summed E-state index contributed by atoms with van der Waals surface area (Å²) in [5, 5.41) is 9.65. The average molecular weight is 446 g/mol. The molecule has 3 N–H and O–H groups in total. The van der Waals surface area contributed by atoms with Crippen molar-refractivity contribution in [3.63, 3.8) is 0 Å². The van der Waals surface area contributed by atoms with Gasteiger partial charge in [-0.25, -0.2) is 0 Å². The first-order chi connectivity index (χ1) is 14.5. The van der Waals surface area contributed by atoms with Crippen LogP contribution in [0.25, 0.3) is 0 Å². The number of carbonyl (C=O) groups excluding carboxylic acids is 2. The van der Waals surface area contributed by atoms with Gasteiger partial charge in [-0.05, 0) is 38.0 Å². The molecule has 4 atom stereocenters. The van der Waals surface area contributed by atoms with Gasteiger partial charge in [-0.3, -0.25) is 9.59 Å². The topological polar surface area (TPSA) is 88.7 Å². The normalized spacial score (nSPS) is 22.1. The Hall–Kier alpha value is -0.830. The highest BCUT2D eigenvalue weighted by Gasteiger charge is 2.35. The molecule has 1 fully saturated rings. The number of hydrogen-bond acceptors (Lipinski definition) is 6. The van der Waals surface area contributed by atoms with E-state index in [-0.39, 0.29) is 23.8 Å². The van der Waals surface area contributed by atoms with Crippen molar-refractivity contribution >= 4 is 23.6 Å². The summed E-state index contributed by atoms with van der Waals surface area (Å²) in [6, 6.07) is 0.254. The van der Waals surface area contributed by atoms with Crippen molar-refractivity contribution in [3.05, 3.63) is 0 Å². The van der Waals surface area contributed by atoms with E-state index >= 15 is 0 Å². The van der Waals surface area contributed by atoms with Gasteiger partial charge in [0.15, 0.2) is 0 Å². The van der Waals surface area contributed by atoms with Gasteiger partial charge in [0.1, 0.15) is 0 Å². The quantitative estimate of drug-likeness (QED) is 0.298. The molecule has 1 aliphatic heterocycles. The number of ether oxygens (including phenoxy) is 2. The summed E-state index contributed by atoms with van der Waals surface area (Å²) < 4.78 is 10.8. The van der Waals surface area contributed by atoms with Gasteiger partial charge in [0.25, 0.3) is 0 Å². The van der Waals surface area contributed by atoms with Crippen molar-refractivity contribution in [2.24, 2.45) is 11.8 Å². The maximum atomic E-state index is 12.3. The minimum atomic E-state index is 0.0713. The lowest BCUT2D eigenvalue weighted by atomic mass is 9.96. The van der Waals surface area contributed by atoms with Crippen LogP contribution < -0.4 is 16.0 Å². The Kier molecular flexibility index (Phi) is 15.2. The number of likely N-dealkylation sites (N-methyl/N-ethyl adjacent to an activating group) is 1. The Bertz CT molecular complexity index is 481. The number of hydrogen-bond donors (Lipinski definition) is 3. The fourth-order valence-electron chi connectivity index (χ4n) is 3.32. The molecule has 1 rings (SSSR count). The van der Waals surface area contributed by atoms with E-state index in [4.69, 9.17) is 9.47 Å². The van der Waals surface area contributed by atoms with E-state index in [1.807, 2.05) is 32.7 Å². The average Bonchev–Trinajstić information content (AvgIpc) is 3.08. The number of rotatable bonds is 17. The van der Waals surface area contributed by atoms with Crippen molar-refractivity contribution < 1.29 is 19.1 Å². The number of thioether (sulfide) groups is 1. The minimum Gasteiger partial charge on any atom is -0.378 e. The van der Waals surface area contributed by atoms with Crippen LogP contribution in [0.2, 0.25) is 0 Å². The van der Waals surface area contributed by atoms with Crippen molar-refractivity contribution in [1.29, 1.82) is 0 Å². The lowest BCUT2D eigenvalue weighted by Crippen LogP contribution is -2.45. The van der Waals surface area contributed by atoms with Crippen molar-refractivity contribution in [2.75, 3.05) is 52.3 Å². The Morgan fingerprint density at radius 2 is 1.80 bits per heavy atom. The molecule has 0 bridgehead atoms. The summed E-state index contributed by atoms with van der Waals surface area (Å²) in [6.45, 7) is 9.94. The molecule has 8 heteroatoms. The van der Waals surface area contributed by atoms with E-state index in [1.165, 1.54) is 0 Å². The van der Waals surface area contributed by atoms with Crippen LogP contribution in [0.3, 0.4) is 0 Å². The van der Waals surface area contributed by atoms with E-state index in [9.17, 15) is 9.59 Å². The first-order valence-corrected chi connectivity index (χ1v) is 12.5. The molecule has 30 heavy (non-hydrogen) atoms. The first kappa shape index (κ1) is 27.2. The summed E-state index contributed by atoms with van der Waals surface area (Å²) in [5.74, 6) is 1.93. The maximum Gasteiger partial charge on any atom is 0.223 e. The second kappa shape index (κ2) is 16.8. The van der Waals surface area contributed by atoms with Crippen molar-refractivity contribution in [2.45, 2.75) is 64.2 Å². The fourth-order valence-corrected chi connectivity index (χ4v) is 4.95. The van der Waals surface area contributed by atoms with Gasteiger partial charge in [0.05, 0.1) is 26.4 Å². The molecule has 4 unspecified atom stereocenters. The van der Waals surface area contributed by atoms with Gasteiger partial charge < -0.3 is 25.4 Å². The van der Waals surface area contributed by atoms with Crippen LogP contribution >= 0.6 is 11.8 Å². The Morgan fingerprint density at radius 1 is 1.10 bits per heavy atom. The van der Waals surface area contributed by atoms with E-state index in [0.717, 1.165) is 38.0 Å². The van der Waals surface area contributed by atoms with Crippen LogP contribution in [0.1, 0.15) is 52.9 Å². The van der Waals surface area contributed by atoms with Crippen LogP contribution in [-0.4, -0.2) is 75.4 Å². The zero-order valence-corrected chi connectivity index (χ0v) is 20.2. The Labute approximate surface area is 187 Å². The van der Waals surface area contributed by atoms with Gasteiger partial charge in [-0.2, -0.15) is 11.8 Å². The maximum absolute atomic E-state index is 12.3. The van der Waals surface area contributed by atoms with Crippen LogP contribution in [0, 0.1) is 11.8 Å². The molecular weight excluding hydrogens is 402 g/mol. The van der Waals surface area contributed by atoms with E-state index in [1.54, 1.807) is 0 Å². The number of unbranched alkanes of at least 4 members (excludes halogenated alkanes) is 1. The second-order valence-corrected chi connectivity index (χ2v) is 9.39. The molecule has 1 heterocycles. The van der Waals surface area contributed by atoms with Crippen LogP contribution in [-0.2, 0) is 19.1 Å². The van der Waals surface area contributed by atoms with Gasteiger partial charge >= 0.3 is 0 Å². The molecule has 7 nitrogen and oxygen atoms in total. The monoisotopic (exact) mass is 445 g/mol. The van der Waals surface area contributed by atoms with Crippen molar-refractivity contribution in [1.82, 2.24) is 16.0 Å². The molecule has 0 aromatic rings. The molecule has 0 spiro atoms. The largest absolute Gasteiger partial charge is 0.378 e. The SMILES string of the molecule is CCC(C)C(=O)NC1C(C)CSC1CCCCC(=O)NCCOCCOCCNC. The van der Waals surface area contributed by atoms with Gasteiger partial charge in [-0.15, -0.1) is 0 Å². The number of nitrogens with one attached hydrogen (secondary N) is 3. The van der Waals surface area contributed by atoms with E-state index in [0.29, 0.717) is 50.6 Å². The zero-order chi connectivity index (χ0) is 22.2. The smallest absolute Gasteiger partial charge is 0.223 e. The highest BCUT2D eigenvalue weighted by atomic mass is 32.2. The van der Waals surface area contributed by atoms with Crippen LogP contribution in [0.5, 0.6) is 0 Å². The third-order valence-corrected chi connectivity index (χ3v) is 7.21. The molecule has 0 aromatic heterocycles. The van der Waals surface area contributed by atoms with Crippen LogP contribution in [0.15, 0.2) is 0 Å². The number of amides is 2. The molecule has 0 aliphatic carbocycles. The summed E-state index contributed by atoms with van der Waals surface area (Å²) >= 11 is 1.96. The zero-order valence-electron chi connectivity index (χ0n) is 19.3. The highest BCUT2D eigenvalue weighted by molar-refractivity contribution is 8.00. The van der Waals surface area contributed by atoms with E-state index < -0.39 is 0 Å². The summed E-state index contributed by atoms with van der Waals surface area (Å²) in [7, 11) is 1.89. The fraction of sp³-hybridized carbons (Fsp3) is 0.909. The molecule has 1 aliphatic rings. The Morgan fingerprint density at radius 3 is 2.47 bits per heavy atom. The highest BCUT2D eigenvalue weighted by Crippen LogP contribution is 2.35. The summed E-state index contributed by atoms with van der Waals surface area (Å²) in [6.07, 6.45) is 4.35. The second-order valence-electron chi connectivity index (χ2n) is 8.12. The molecule has 176 valence electrons. The predicted molar refractivity (Wildman–Crippen MR) is 124 cm³/mol. The lowest BCUT2D eigenvalue weighted by molar-refractivity contribution is -0.125. The molecule has 1 saturated heterocycles. The third kappa shape index (κ3) is 11.5. The standard InChI is InChI=1S/C22H43N3O4S/c1-5-17(2)22(27)25-21-18(3)16-30-19(21)8-6-7-9-20(26)24-11-13-29-15-14-28-12-10-23-4/h17-19,21,23H,5-16H2,1-4H3,(H,24,26)(H,25,27).